The summed E-state index contributed by atoms with van der Waals surface area (Å²) in [5, 5.41) is 8.98. The Kier molecular flexibility index (Phi) is 4.99. The zero-order valence-corrected chi connectivity index (χ0v) is 11.2. The van der Waals surface area contributed by atoms with Crippen molar-refractivity contribution in [2.75, 3.05) is 12.3 Å². The van der Waals surface area contributed by atoms with Crippen molar-refractivity contribution in [2.24, 2.45) is 0 Å². The number of para-hydroxylation sites is 1. The molecular formula is C13H16ClN3O. The van der Waals surface area contributed by atoms with E-state index in [1.807, 2.05) is 19.9 Å². The van der Waals surface area contributed by atoms with Gasteiger partial charge in [-0.3, -0.25) is 4.79 Å². The number of benzene rings is 1. The van der Waals surface area contributed by atoms with Crippen molar-refractivity contribution in [3.63, 3.8) is 0 Å². The van der Waals surface area contributed by atoms with E-state index in [9.17, 15) is 4.79 Å². The maximum absolute atomic E-state index is 12.3. The summed E-state index contributed by atoms with van der Waals surface area (Å²) in [7, 11) is 0. The Morgan fingerprint density at radius 1 is 1.56 bits per heavy atom. The molecule has 0 aliphatic carbocycles. The second-order valence-electron chi connectivity index (χ2n) is 4.20. The Labute approximate surface area is 112 Å². The number of anilines is 1. The van der Waals surface area contributed by atoms with E-state index in [-0.39, 0.29) is 17.6 Å². The topological polar surface area (TPSA) is 70.1 Å². The second kappa shape index (κ2) is 6.27. The normalized spacial score (nSPS) is 10.2. The number of hydrogen-bond donors (Lipinski definition) is 1. The third-order valence-electron chi connectivity index (χ3n) is 2.63. The van der Waals surface area contributed by atoms with Crippen LogP contribution in [0.1, 0.15) is 30.6 Å². The number of amides is 1. The number of rotatable bonds is 4. The molecule has 0 heterocycles. The molecule has 0 spiro atoms. The molecule has 0 aliphatic rings. The standard InChI is InChI=1S/C13H16ClN3O/c1-9(2)17(8-4-7-15)13(18)10-5-3-6-11(14)12(10)16/h3,5-6,9H,4,8,16H2,1-2H3. The lowest BCUT2D eigenvalue weighted by atomic mass is 10.1. The van der Waals surface area contributed by atoms with Gasteiger partial charge in [0.2, 0.25) is 0 Å². The number of carbonyl (C=O) groups is 1. The molecule has 2 N–H and O–H groups in total. The van der Waals surface area contributed by atoms with Gasteiger partial charge in [0, 0.05) is 12.6 Å². The van der Waals surface area contributed by atoms with Crippen molar-refractivity contribution >= 4 is 23.2 Å². The first-order chi connectivity index (χ1) is 8.49. The molecule has 1 amide bonds. The fraction of sp³-hybridized carbons (Fsp3) is 0.385. The minimum atomic E-state index is -0.194. The summed E-state index contributed by atoms with van der Waals surface area (Å²) in [6.07, 6.45) is 0.296. The van der Waals surface area contributed by atoms with E-state index in [0.29, 0.717) is 23.6 Å². The van der Waals surface area contributed by atoms with Crippen LogP contribution in [0.4, 0.5) is 5.69 Å². The van der Waals surface area contributed by atoms with Gasteiger partial charge >= 0.3 is 0 Å². The lowest BCUT2D eigenvalue weighted by molar-refractivity contribution is 0.0711. The second-order valence-corrected chi connectivity index (χ2v) is 4.61. The zero-order valence-electron chi connectivity index (χ0n) is 10.5. The first kappa shape index (κ1) is 14.3. The van der Waals surface area contributed by atoms with Crippen LogP contribution in [0.2, 0.25) is 5.02 Å². The van der Waals surface area contributed by atoms with Crippen molar-refractivity contribution < 1.29 is 4.79 Å². The summed E-state index contributed by atoms with van der Waals surface area (Å²) in [4.78, 5) is 14.0. The molecule has 5 heteroatoms. The number of halogens is 1. The molecule has 1 aromatic carbocycles. The van der Waals surface area contributed by atoms with Crippen LogP contribution in [0.5, 0.6) is 0 Å². The number of nitrogen functional groups attached to an aromatic ring is 1. The smallest absolute Gasteiger partial charge is 0.256 e. The predicted octanol–water partition coefficient (Wildman–Crippen LogP) is 2.69. The van der Waals surface area contributed by atoms with Gasteiger partial charge in [-0.25, -0.2) is 0 Å². The Balaban J connectivity index is 3.03. The van der Waals surface area contributed by atoms with Gasteiger partial charge in [-0.05, 0) is 26.0 Å². The Morgan fingerprint density at radius 2 is 2.22 bits per heavy atom. The monoisotopic (exact) mass is 265 g/mol. The average Bonchev–Trinajstić information content (AvgIpc) is 2.32. The summed E-state index contributed by atoms with van der Waals surface area (Å²) in [6, 6.07) is 7.01. The molecule has 0 radical (unpaired) electrons. The highest BCUT2D eigenvalue weighted by Gasteiger charge is 2.21. The van der Waals surface area contributed by atoms with E-state index in [2.05, 4.69) is 0 Å². The first-order valence-electron chi connectivity index (χ1n) is 5.71. The molecule has 96 valence electrons. The largest absolute Gasteiger partial charge is 0.397 e. The maximum atomic E-state index is 12.3. The van der Waals surface area contributed by atoms with Crippen molar-refractivity contribution in [2.45, 2.75) is 26.3 Å². The third kappa shape index (κ3) is 3.14. The van der Waals surface area contributed by atoms with Crippen LogP contribution in [0.3, 0.4) is 0 Å². The summed E-state index contributed by atoms with van der Waals surface area (Å²) in [5.74, 6) is -0.194. The van der Waals surface area contributed by atoms with Crippen molar-refractivity contribution in [3.05, 3.63) is 28.8 Å². The Morgan fingerprint density at radius 3 is 2.78 bits per heavy atom. The Bertz CT molecular complexity index is 480. The van der Waals surface area contributed by atoms with E-state index in [4.69, 9.17) is 22.6 Å². The molecule has 1 rings (SSSR count). The minimum Gasteiger partial charge on any atom is -0.397 e. The molecule has 0 fully saturated rings. The highest BCUT2D eigenvalue weighted by atomic mass is 35.5. The number of nitrogens with zero attached hydrogens (tertiary/aromatic N) is 2. The molecular weight excluding hydrogens is 250 g/mol. The van der Waals surface area contributed by atoms with Gasteiger partial charge in [0.15, 0.2) is 0 Å². The summed E-state index contributed by atoms with van der Waals surface area (Å²) >= 11 is 5.90. The molecule has 0 bridgehead atoms. The predicted molar refractivity (Wildman–Crippen MR) is 72.3 cm³/mol. The quantitative estimate of drug-likeness (QED) is 0.851. The van der Waals surface area contributed by atoms with E-state index in [1.54, 1.807) is 23.1 Å². The number of nitrogens with two attached hydrogens (primary N) is 1. The van der Waals surface area contributed by atoms with Crippen LogP contribution in [0, 0.1) is 11.3 Å². The molecule has 1 aromatic rings. The highest BCUT2D eigenvalue weighted by Crippen LogP contribution is 2.24. The summed E-state index contributed by atoms with van der Waals surface area (Å²) in [5.41, 5.74) is 6.47. The SMILES string of the molecule is CC(C)N(CCC#N)C(=O)c1cccc(Cl)c1N. The summed E-state index contributed by atoms with van der Waals surface area (Å²) < 4.78 is 0. The number of hydrogen-bond acceptors (Lipinski definition) is 3. The van der Waals surface area contributed by atoms with E-state index in [0.717, 1.165) is 0 Å². The molecule has 0 aromatic heterocycles. The zero-order chi connectivity index (χ0) is 13.7. The van der Waals surface area contributed by atoms with Crippen LogP contribution in [0.15, 0.2) is 18.2 Å². The third-order valence-corrected chi connectivity index (χ3v) is 2.96. The molecule has 18 heavy (non-hydrogen) atoms. The van der Waals surface area contributed by atoms with Crippen molar-refractivity contribution in [1.82, 2.24) is 4.90 Å². The van der Waals surface area contributed by atoms with Crippen LogP contribution >= 0.6 is 11.6 Å². The fourth-order valence-electron chi connectivity index (χ4n) is 1.64. The maximum Gasteiger partial charge on any atom is 0.256 e. The number of nitriles is 1. The highest BCUT2D eigenvalue weighted by molar-refractivity contribution is 6.33. The van der Waals surface area contributed by atoms with Gasteiger partial charge in [0.1, 0.15) is 0 Å². The molecule has 0 atom stereocenters. The fourth-order valence-corrected chi connectivity index (χ4v) is 1.82. The van der Waals surface area contributed by atoms with E-state index in [1.165, 1.54) is 0 Å². The minimum absolute atomic E-state index is 0.00392. The molecule has 0 unspecified atom stereocenters. The molecule has 4 nitrogen and oxygen atoms in total. The van der Waals surface area contributed by atoms with Gasteiger partial charge in [0.05, 0.1) is 28.8 Å². The first-order valence-corrected chi connectivity index (χ1v) is 6.08. The molecule has 0 saturated heterocycles. The van der Waals surface area contributed by atoms with Crippen molar-refractivity contribution in [1.29, 1.82) is 5.26 Å². The molecule has 0 aliphatic heterocycles. The summed E-state index contributed by atoms with van der Waals surface area (Å²) in [6.45, 7) is 4.19. The van der Waals surface area contributed by atoms with Crippen LogP contribution < -0.4 is 5.73 Å². The molecule has 0 saturated carbocycles. The van der Waals surface area contributed by atoms with Gasteiger partial charge in [-0.1, -0.05) is 17.7 Å². The van der Waals surface area contributed by atoms with Crippen LogP contribution in [0.25, 0.3) is 0 Å². The van der Waals surface area contributed by atoms with Gasteiger partial charge < -0.3 is 10.6 Å². The number of carbonyl (C=O) groups excluding carboxylic acids is 1. The van der Waals surface area contributed by atoms with Crippen LogP contribution in [-0.4, -0.2) is 23.4 Å². The van der Waals surface area contributed by atoms with Gasteiger partial charge in [0.25, 0.3) is 5.91 Å². The van der Waals surface area contributed by atoms with Gasteiger partial charge in [-0.15, -0.1) is 0 Å². The van der Waals surface area contributed by atoms with Gasteiger partial charge in [-0.2, -0.15) is 5.26 Å². The Hall–Kier alpha value is -1.73. The van der Waals surface area contributed by atoms with Crippen molar-refractivity contribution in [3.8, 4) is 6.07 Å². The van der Waals surface area contributed by atoms with Crippen LogP contribution in [-0.2, 0) is 0 Å². The average molecular weight is 266 g/mol. The van der Waals surface area contributed by atoms with E-state index >= 15 is 0 Å². The lowest BCUT2D eigenvalue weighted by Crippen LogP contribution is -2.38. The lowest BCUT2D eigenvalue weighted by Gasteiger charge is -2.26. The van der Waals surface area contributed by atoms with E-state index < -0.39 is 0 Å².